The molecule has 1 aliphatic rings. The number of hydrogen-bond donors (Lipinski definition) is 3. The molecule has 0 spiro atoms. The van der Waals surface area contributed by atoms with Crippen LogP contribution in [0.5, 0.6) is 0 Å². The van der Waals surface area contributed by atoms with E-state index in [-0.39, 0.29) is 11.5 Å². The van der Waals surface area contributed by atoms with Gasteiger partial charge in [0.25, 0.3) is 5.91 Å². The van der Waals surface area contributed by atoms with Gasteiger partial charge >= 0.3 is 0 Å². The quantitative estimate of drug-likeness (QED) is 0.567. The second-order valence-electron chi connectivity index (χ2n) is 8.30. The van der Waals surface area contributed by atoms with Gasteiger partial charge in [-0.3, -0.25) is 9.59 Å². The Hall–Kier alpha value is -3.42. The lowest BCUT2D eigenvalue weighted by Gasteiger charge is -2.29. The molecule has 4 rings (SSSR count). The minimum atomic E-state index is -0.213. The number of fused-ring (bicyclic) bond motifs is 1. The Labute approximate surface area is 181 Å². The van der Waals surface area contributed by atoms with Crippen molar-refractivity contribution in [2.24, 2.45) is 5.92 Å². The molecular formula is C23H28N6O2. The molecule has 1 aliphatic carbocycles. The van der Waals surface area contributed by atoms with Gasteiger partial charge in [-0.2, -0.15) is 4.98 Å². The normalized spacial score (nSPS) is 18.5. The molecule has 2 heterocycles. The first-order chi connectivity index (χ1) is 15.0. The number of benzene rings is 1. The standard InChI is InChI=1S/C23H28N6O2/c1-29(2)21-18-5-3-4-6-19(18)27-23(28-21)26-17-10-7-15(8-11-17)13-25-22(31)16-9-12-20(30)24-14-16/h3-6,9,12,14-15,17H,7-8,10-11,13H2,1-2H3,(H,24,30)(H,25,31)(H,26,27,28). The lowest BCUT2D eigenvalue weighted by atomic mass is 9.86. The van der Waals surface area contributed by atoms with Crippen LogP contribution in [0.3, 0.4) is 0 Å². The summed E-state index contributed by atoms with van der Waals surface area (Å²) in [4.78, 5) is 37.3. The molecule has 1 fully saturated rings. The summed E-state index contributed by atoms with van der Waals surface area (Å²) < 4.78 is 0. The number of carbonyl (C=O) groups excluding carboxylic acids is 1. The summed E-state index contributed by atoms with van der Waals surface area (Å²) in [5.41, 5.74) is 1.19. The molecule has 0 aliphatic heterocycles. The van der Waals surface area contributed by atoms with Crippen LogP contribution in [-0.4, -0.2) is 47.5 Å². The highest BCUT2D eigenvalue weighted by Gasteiger charge is 2.23. The lowest BCUT2D eigenvalue weighted by molar-refractivity contribution is 0.0943. The summed E-state index contributed by atoms with van der Waals surface area (Å²) in [6.07, 6.45) is 5.51. The Morgan fingerprint density at radius 3 is 2.58 bits per heavy atom. The topological polar surface area (TPSA) is 103 Å². The van der Waals surface area contributed by atoms with Crippen molar-refractivity contribution in [3.63, 3.8) is 0 Å². The van der Waals surface area contributed by atoms with Crippen LogP contribution in [0.25, 0.3) is 10.9 Å². The highest BCUT2D eigenvalue weighted by Crippen LogP contribution is 2.28. The maximum atomic E-state index is 12.2. The van der Waals surface area contributed by atoms with Crippen LogP contribution in [0.4, 0.5) is 11.8 Å². The molecule has 8 nitrogen and oxygen atoms in total. The van der Waals surface area contributed by atoms with Gasteiger partial charge in [0.05, 0.1) is 11.1 Å². The minimum Gasteiger partial charge on any atom is -0.362 e. The first-order valence-corrected chi connectivity index (χ1v) is 10.7. The Morgan fingerprint density at radius 1 is 1.10 bits per heavy atom. The van der Waals surface area contributed by atoms with Crippen LogP contribution in [0, 0.1) is 5.92 Å². The number of aromatic nitrogens is 3. The first kappa shape index (κ1) is 20.8. The number of anilines is 2. The number of pyridine rings is 1. The average Bonchev–Trinajstić information content (AvgIpc) is 2.78. The van der Waals surface area contributed by atoms with Crippen LogP contribution in [0.15, 0.2) is 47.4 Å². The fourth-order valence-electron chi connectivity index (χ4n) is 4.05. The van der Waals surface area contributed by atoms with Gasteiger partial charge in [0, 0.05) is 44.3 Å². The smallest absolute Gasteiger partial charge is 0.252 e. The van der Waals surface area contributed by atoms with E-state index in [1.54, 1.807) is 6.07 Å². The molecule has 1 aromatic carbocycles. The zero-order valence-electron chi connectivity index (χ0n) is 17.9. The van der Waals surface area contributed by atoms with E-state index in [2.05, 4.69) is 15.6 Å². The van der Waals surface area contributed by atoms with Crippen molar-refractivity contribution in [1.29, 1.82) is 0 Å². The van der Waals surface area contributed by atoms with E-state index in [9.17, 15) is 9.59 Å². The van der Waals surface area contributed by atoms with E-state index >= 15 is 0 Å². The number of nitrogens with zero attached hydrogens (tertiary/aromatic N) is 3. The third-order valence-electron chi connectivity index (χ3n) is 5.78. The van der Waals surface area contributed by atoms with Gasteiger partial charge in [0.1, 0.15) is 5.82 Å². The summed E-state index contributed by atoms with van der Waals surface area (Å²) in [6.45, 7) is 0.641. The number of para-hydroxylation sites is 1. The molecule has 31 heavy (non-hydrogen) atoms. The van der Waals surface area contributed by atoms with Gasteiger partial charge in [0.15, 0.2) is 0 Å². The Kier molecular flexibility index (Phi) is 6.16. The maximum absolute atomic E-state index is 12.2. The Morgan fingerprint density at radius 2 is 1.87 bits per heavy atom. The van der Waals surface area contributed by atoms with E-state index in [0.717, 1.165) is 42.4 Å². The molecule has 3 N–H and O–H groups in total. The predicted octanol–water partition coefficient (Wildman–Crippen LogP) is 2.78. The second kappa shape index (κ2) is 9.16. The largest absolute Gasteiger partial charge is 0.362 e. The third kappa shape index (κ3) is 5.02. The van der Waals surface area contributed by atoms with E-state index in [0.29, 0.717) is 30.0 Å². The summed E-state index contributed by atoms with van der Waals surface area (Å²) >= 11 is 0. The number of amides is 1. The van der Waals surface area contributed by atoms with Crippen molar-refractivity contribution >= 4 is 28.6 Å². The van der Waals surface area contributed by atoms with Crippen LogP contribution >= 0.6 is 0 Å². The molecule has 3 aromatic rings. The zero-order valence-corrected chi connectivity index (χ0v) is 17.9. The highest BCUT2D eigenvalue weighted by atomic mass is 16.1. The van der Waals surface area contributed by atoms with Gasteiger partial charge in [0.2, 0.25) is 11.5 Å². The molecule has 0 bridgehead atoms. The lowest BCUT2D eigenvalue weighted by Crippen LogP contribution is -2.34. The molecule has 0 saturated heterocycles. The SMILES string of the molecule is CN(C)c1nc(NC2CCC(CNC(=O)c3ccc(=O)[nH]c3)CC2)nc2ccccc12. The van der Waals surface area contributed by atoms with Gasteiger partial charge < -0.3 is 20.5 Å². The van der Waals surface area contributed by atoms with Gasteiger partial charge in [-0.15, -0.1) is 0 Å². The van der Waals surface area contributed by atoms with Crippen molar-refractivity contribution in [1.82, 2.24) is 20.3 Å². The number of carbonyl (C=O) groups is 1. The molecular weight excluding hydrogens is 392 g/mol. The predicted molar refractivity (Wildman–Crippen MR) is 123 cm³/mol. The summed E-state index contributed by atoms with van der Waals surface area (Å²) in [6, 6.07) is 11.3. The van der Waals surface area contributed by atoms with E-state index < -0.39 is 0 Å². The average molecular weight is 421 g/mol. The monoisotopic (exact) mass is 420 g/mol. The summed E-state index contributed by atoms with van der Waals surface area (Å²) in [5.74, 6) is 1.86. The first-order valence-electron chi connectivity index (χ1n) is 10.7. The number of aromatic amines is 1. The Balaban J connectivity index is 1.31. The van der Waals surface area contributed by atoms with Gasteiger partial charge in [-0.05, 0) is 49.8 Å². The molecule has 0 radical (unpaired) electrons. The van der Waals surface area contributed by atoms with Crippen LogP contribution in [-0.2, 0) is 0 Å². The van der Waals surface area contributed by atoms with Gasteiger partial charge in [-0.25, -0.2) is 4.98 Å². The molecule has 1 amide bonds. The summed E-state index contributed by atoms with van der Waals surface area (Å²) in [7, 11) is 3.98. The molecule has 2 aromatic heterocycles. The third-order valence-corrected chi connectivity index (χ3v) is 5.78. The van der Waals surface area contributed by atoms with Crippen molar-refractivity contribution in [2.45, 2.75) is 31.7 Å². The van der Waals surface area contributed by atoms with Gasteiger partial charge in [-0.1, -0.05) is 12.1 Å². The fraction of sp³-hybridized carbons (Fsp3) is 0.391. The minimum absolute atomic E-state index is 0.155. The summed E-state index contributed by atoms with van der Waals surface area (Å²) in [5, 5.41) is 7.54. The van der Waals surface area contributed by atoms with Crippen molar-refractivity contribution in [3.8, 4) is 0 Å². The maximum Gasteiger partial charge on any atom is 0.252 e. The molecule has 0 atom stereocenters. The van der Waals surface area contributed by atoms with E-state index in [1.165, 1.54) is 12.3 Å². The van der Waals surface area contributed by atoms with Crippen molar-refractivity contribution < 1.29 is 4.79 Å². The van der Waals surface area contributed by atoms with Crippen LogP contribution in [0.2, 0.25) is 0 Å². The van der Waals surface area contributed by atoms with Crippen molar-refractivity contribution in [3.05, 3.63) is 58.5 Å². The molecule has 1 saturated carbocycles. The second-order valence-corrected chi connectivity index (χ2v) is 8.30. The van der Waals surface area contributed by atoms with E-state index in [4.69, 9.17) is 9.97 Å². The molecule has 8 heteroatoms. The number of rotatable bonds is 6. The zero-order chi connectivity index (χ0) is 21.8. The highest BCUT2D eigenvalue weighted by molar-refractivity contribution is 5.93. The molecule has 162 valence electrons. The van der Waals surface area contributed by atoms with Crippen molar-refractivity contribution in [2.75, 3.05) is 30.9 Å². The Bertz CT molecular complexity index is 1100. The number of nitrogens with one attached hydrogen (secondary N) is 3. The van der Waals surface area contributed by atoms with Crippen LogP contribution in [0.1, 0.15) is 36.0 Å². The number of H-pyrrole nitrogens is 1. The fourth-order valence-corrected chi connectivity index (χ4v) is 4.05. The van der Waals surface area contributed by atoms with Crippen LogP contribution < -0.4 is 21.1 Å². The molecule has 0 unspecified atom stereocenters. The number of hydrogen-bond acceptors (Lipinski definition) is 6. The van der Waals surface area contributed by atoms with E-state index in [1.807, 2.05) is 43.3 Å².